The van der Waals surface area contributed by atoms with Crippen molar-refractivity contribution in [1.82, 2.24) is 5.32 Å². The fourth-order valence-corrected chi connectivity index (χ4v) is 4.55. The van der Waals surface area contributed by atoms with Crippen LogP contribution in [-0.2, 0) is 4.74 Å². The second-order valence-corrected chi connectivity index (χ2v) is 8.09. The molecule has 3 N–H and O–H groups in total. The van der Waals surface area contributed by atoms with E-state index in [9.17, 15) is 0 Å². The van der Waals surface area contributed by atoms with Gasteiger partial charge in [0.05, 0.1) is 19.8 Å². The lowest BCUT2D eigenvalue weighted by atomic mass is 9.80. The molecule has 4 nitrogen and oxygen atoms in total. The molecule has 1 aliphatic carbocycles. The maximum absolute atomic E-state index is 6.20. The fourth-order valence-electron chi connectivity index (χ4n) is 4.19. The van der Waals surface area contributed by atoms with E-state index < -0.39 is 0 Å². The molecule has 138 valence electrons. The maximum atomic E-state index is 6.20. The Bertz CT molecular complexity index is 598. The van der Waals surface area contributed by atoms with Gasteiger partial charge in [0.1, 0.15) is 18.6 Å². The van der Waals surface area contributed by atoms with Gasteiger partial charge in [-0.05, 0) is 49.7 Å². The summed E-state index contributed by atoms with van der Waals surface area (Å²) in [4.78, 5) is 1.69. The predicted octanol–water partition coefficient (Wildman–Crippen LogP) is 2.55. The standard InChI is InChI=1S/C19H28ClN3OS/c1-15-16(20)6-5-7-17(15)22-18(25)21-14-19(8-3-2-4-9-19)23-10-12-24-13-11-23/h5-7H,2-4,8-14H2,1H3,(H2,21,22,25)/p+1. The predicted molar refractivity (Wildman–Crippen MR) is 108 cm³/mol. The number of benzene rings is 1. The molecule has 1 saturated heterocycles. The summed E-state index contributed by atoms with van der Waals surface area (Å²) in [6, 6.07) is 5.86. The van der Waals surface area contributed by atoms with Crippen LogP contribution in [0.1, 0.15) is 37.7 Å². The number of quaternary nitrogens is 1. The smallest absolute Gasteiger partial charge is 0.171 e. The van der Waals surface area contributed by atoms with Gasteiger partial charge in [-0.3, -0.25) is 0 Å². The lowest BCUT2D eigenvalue weighted by Crippen LogP contribution is -3.23. The van der Waals surface area contributed by atoms with Crippen LogP contribution in [-0.4, -0.2) is 43.5 Å². The van der Waals surface area contributed by atoms with Crippen molar-refractivity contribution in [3.8, 4) is 0 Å². The molecular formula is C19H29ClN3OS+. The van der Waals surface area contributed by atoms with Gasteiger partial charge in [0.25, 0.3) is 0 Å². The second-order valence-electron chi connectivity index (χ2n) is 7.28. The lowest BCUT2D eigenvalue weighted by Gasteiger charge is -2.45. The molecule has 1 saturated carbocycles. The molecule has 0 bridgehead atoms. The van der Waals surface area contributed by atoms with Gasteiger partial charge in [-0.25, -0.2) is 0 Å². The summed E-state index contributed by atoms with van der Waals surface area (Å²) < 4.78 is 5.57. The Morgan fingerprint density at radius 1 is 1.24 bits per heavy atom. The molecule has 0 radical (unpaired) electrons. The van der Waals surface area contributed by atoms with Crippen LogP contribution in [0.4, 0.5) is 5.69 Å². The monoisotopic (exact) mass is 382 g/mol. The van der Waals surface area contributed by atoms with Crippen molar-refractivity contribution in [2.75, 3.05) is 38.2 Å². The van der Waals surface area contributed by atoms with Crippen LogP contribution in [0.25, 0.3) is 0 Å². The van der Waals surface area contributed by atoms with E-state index in [1.807, 2.05) is 25.1 Å². The zero-order valence-electron chi connectivity index (χ0n) is 15.0. The number of halogens is 1. The Balaban J connectivity index is 1.62. The molecule has 2 fully saturated rings. The highest BCUT2D eigenvalue weighted by Gasteiger charge is 2.42. The largest absolute Gasteiger partial charge is 0.370 e. The highest BCUT2D eigenvalue weighted by Crippen LogP contribution is 2.26. The van der Waals surface area contributed by atoms with Crippen LogP contribution in [0, 0.1) is 6.92 Å². The van der Waals surface area contributed by atoms with Crippen molar-refractivity contribution in [3.63, 3.8) is 0 Å². The molecule has 0 unspecified atom stereocenters. The van der Waals surface area contributed by atoms with Gasteiger partial charge in [-0.1, -0.05) is 24.1 Å². The summed E-state index contributed by atoms with van der Waals surface area (Å²) in [6.45, 7) is 6.90. The number of hydrogen-bond acceptors (Lipinski definition) is 2. The number of hydrogen-bond donors (Lipinski definition) is 3. The molecule has 0 atom stereocenters. The Morgan fingerprint density at radius 3 is 2.68 bits per heavy atom. The third-order valence-electron chi connectivity index (χ3n) is 5.76. The molecule has 1 aromatic carbocycles. The highest BCUT2D eigenvalue weighted by atomic mass is 35.5. The first-order valence-corrected chi connectivity index (χ1v) is 10.1. The maximum Gasteiger partial charge on any atom is 0.171 e. The van der Waals surface area contributed by atoms with Crippen LogP contribution in [0.5, 0.6) is 0 Å². The molecule has 3 rings (SSSR count). The van der Waals surface area contributed by atoms with Crippen molar-refractivity contribution in [1.29, 1.82) is 0 Å². The fraction of sp³-hybridized carbons (Fsp3) is 0.632. The first kappa shape index (κ1) is 18.9. The van der Waals surface area contributed by atoms with Gasteiger partial charge in [0.2, 0.25) is 0 Å². The molecule has 1 heterocycles. The van der Waals surface area contributed by atoms with Crippen molar-refractivity contribution >= 4 is 34.6 Å². The van der Waals surface area contributed by atoms with Gasteiger partial charge in [-0.15, -0.1) is 0 Å². The molecule has 0 aromatic heterocycles. The number of nitrogens with one attached hydrogen (secondary N) is 3. The molecule has 1 aliphatic heterocycles. The third kappa shape index (κ3) is 4.64. The average molecular weight is 383 g/mol. The van der Waals surface area contributed by atoms with E-state index in [4.69, 9.17) is 28.6 Å². The molecule has 0 amide bonds. The summed E-state index contributed by atoms with van der Waals surface area (Å²) in [7, 11) is 0. The number of morpholine rings is 1. The molecular weight excluding hydrogens is 354 g/mol. The van der Waals surface area contributed by atoms with Crippen LogP contribution in [0.15, 0.2) is 18.2 Å². The van der Waals surface area contributed by atoms with E-state index in [1.165, 1.54) is 32.1 Å². The molecule has 1 aromatic rings. The van der Waals surface area contributed by atoms with E-state index in [2.05, 4.69) is 10.6 Å². The first-order valence-electron chi connectivity index (χ1n) is 9.34. The van der Waals surface area contributed by atoms with Gasteiger partial charge >= 0.3 is 0 Å². The number of rotatable bonds is 4. The summed E-state index contributed by atoms with van der Waals surface area (Å²) in [6.07, 6.45) is 6.54. The van der Waals surface area contributed by atoms with Crippen molar-refractivity contribution < 1.29 is 9.64 Å². The lowest BCUT2D eigenvalue weighted by molar-refractivity contribution is -0.960. The normalized spacial score (nSPS) is 20.9. The Hall–Kier alpha value is -0.880. The quantitative estimate of drug-likeness (QED) is 0.700. The Labute approximate surface area is 161 Å². The van der Waals surface area contributed by atoms with E-state index in [-0.39, 0.29) is 5.54 Å². The summed E-state index contributed by atoms with van der Waals surface area (Å²) >= 11 is 11.8. The van der Waals surface area contributed by atoms with Crippen molar-refractivity contribution in [2.45, 2.75) is 44.6 Å². The second kappa shape index (κ2) is 8.67. The highest BCUT2D eigenvalue weighted by molar-refractivity contribution is 7.80. The minimum atomic E-state index is 0.289. The minimum Gasteiger partial charge on any atom is -0.370 e. The average Bonchev–Trinajstić information content (AvgIpc) is 2.65. The minimum absolute atomic E-state index is 0.289. The van der Waals surface area contributed by atoms with Crippen molar-refractivity contribution in [2.24, 2.45) is 0 Å². The van der Waals surface area contributed by atoms with E-state index >= 15 is 0 Å². The Morgan fingerprint density at radius 2 is 1.96 bits per heavy atom. The zero-order valence-corrected chi connectivity index (χ0v) is 16.6. The number of ether oxygens (including phenoxy) is 1. The summed E-state index contributed by atoms with van der Waals surface area (Å²) in [5.74, 6) is 0. The molecule has 2 aliphatic rings. The zero-order chi connectivity index (χ0) is 17.7. The van der Waals surface area contributed by atoms with E-state index in [1.54, 1.807) is 4.90 Å². The van der Waals surface area contributed by atoms with E-state index in [0.29, 0.717) is 5.11 Å². The van der Waals surface area contributed by atoms with Gasteiger partial charge in [-0.2, -0.15) is 0 Å². The van der Waals surface area contributed by atoms with Crippen molar-refractivity contribution in [3.05, 3.63) is 28.8 Å². The van der Waals surface area contributed by atoms with Crippen LogP contribution >= 0.6 is 23.8 Å². The summed E-state index contributed by atoms with van der Waals surface area (Å²) in [5, 5.41) is 8.26. The molecule has 25 heavy (non-hydrogen) atoms. The van der Waals surface area contributed by atoms with E-state index in [0.717, 1.165) is 49.1 Å². The van der Waals surface area contributed by atoms with Gasteiger partial charge < -0.3 is 20.3 Å². The summed E-state index contributed by atoms with van der Waals surface area (Å²) in [5.41, 5.74) is 2.29. The third-order valence-corrected chi connectivity index (χ3v) is 6.42. The number of thiocarbonyl (C=S) groups is 1. The van der Waals surface area contributed by atoms with Gasteiger partial charge in [0, 0.05) is 23.6 Å². The molecule has 6 heteroatoms. The number of anilines is 1. The SMILES string of the molecule is Cc1c(Cl)cccc1NC(=S)NCC1([NH+]2CCOCC2)CCCCC1. The molecule has 0 spiro atoms. The van der Waals surface area contributed by atoms with Crippen LogP contribution in [0.3, 0.4) is 0 Å². The Kier molecular flexibility index (Phi) is 6.55. The first-order chi connectivity index (χ1) is 12.1. The van der Waals surface area contributed by atoms with Crippen LogP contribution < -0.4 is 15.5 Å². The van der Waals surface area contributed by atoms with Gasteiger partial charge in [0.15, 0.2) is 5.11 Å². The van der Waals surface area contributed by atoms with Crippen LogP contribution in [0.2, 0.25) is 5.02 Å². The topological polar surface area (TPSA) is 37.7 Å².